The molecule has 0 spiro atoms. The van der Waals surface area contributed by atoms with Gasteiger partial charge in [-0.05, 0) is 30.5 Å². The summed E-state index contributed by atoms with van der Waals surface area (Å²) in [6.45, 7) is 0.784. The number of hydrogen-bond acceptors (Lipinski definition) is 4. The Kier molecular flexibility index (Phi) is 3.44. The molecule has 1 aliphatic heterocycles. The molecule has 3 N–H and O–H groups in total. The summed E-state index contributed by atoms with van der Waals surface area (Å²) in [5.74, 6) is 5.69. The molecule has 0 bridgehead atoms. The van der Waals surface area contributed by atoms with Crippen LogP contribution in [-0.4, -0.2) is 11.6 Å². The van der Waals surface area contributed by atoms with Crippen LogP contribution in [0, 0.1) is 0 Å². The van der Waals surface area contributed by atoms with Crippen molar-refractivity contribution in [3.8, 4) is 0 Å². The zero-order valence-corrected chi connectivity index (χ0v) is 10.7. The number of fused-ring (bicyclic) bond motifs is 1. The van der Waals surface area contributed by atoms with Gasteiger partial charge in [-0.15, -0.1) is 0 Å². The second kappa shape index (κ2) is 5.38. The molecule has 0 saturated carbocycles. The maximum Gasteiger partial charge on any atom is 0.0876 e. The quantitative estimate of drug-likeness (QED) is 0.653. The number of hydrazine groups is 1. The number of pyridine rings is 1. The van der Waals surface area contributed by atoms with Crippen LogP contribution in [0.2, 0.25) is 0 Å². The smallest absolute Gasteiger partial charge is 0.0876 e. The highest BCUT2D eigenvalue weighted by molar-refractivity contribution is 5.78. The van der Waals surface area contributed by atoms with Crippen molar-refractivity contribution in [3.63, 3.8) is 0 Å². The Hall–Kier alpha value is -1.91. The van der Waals surface area contributed by atoms with Gasteiger partial charge >= 0.3 is 0 Å². The van der Waals surface area contributed by atoms with E-state index in [0.717, 1.165) is 41.6 Å². The van der Waals surface area contributed by atoms with Crippen molar-refractivity contribution in [1.82, 2.24) is 10.4 Å². The van der Waals surface area contributed by atoms with Crippen molar-refractivity contribution in [3.05, 3.63) is 53.9 Å². The lowest BCUT2D eigenvalue weighted by Gasteiger charge is -2.22. The largest absolute Gasteiger partial charge is 0.501 e. The zero-order chi connectivity index (χ0) is 13.1. The first-order valence-corrected chi connectivity index (χ1v) is 6.51. The van der Waals surface area contributed by atoms with Crippen LogP contribution in [0.1, 0.15) is 24.6 Å². The Labute approximate surface area is 112 Å². The fourth-order valence-electron chi connectivity index (χ4n) is 2.42. The Morgan fingerprint density at radius 1 is 1.21 bits per heavy atom. The van der Waals surface area contributed by atoms with Gasteiger partial charge in [-0.3, -0.25) is 10.8 Å². The van der Waals surface area contributed by atoms with Gasteiger partial charge < -0.3 is 4.74 Å². The minimum absolute atomic E-state index is 0.0788. The third-order valence-corrected chi connectivity index (χ3v) is 3.42. The summed E-state index contributed by atoms with van der Waals surface area (Å²) in [5.41, 5.74) is 5.90. The van der Waals surface area contributed by atoms with Crippen LogP contribution in [0.5, 0.6) is 0 Å². The van der Waals surface area contributed by atoms with Gasteiger partial charge in [0.05, 0.1) is 30.1 Å². The lowest BCUT2D eigenvalue weighted by Crippen LogP contribution is -2.31. The standard InChI is InChI=1S/C15H17N3O/c16-18-15(12-5-3-9-19-10-12)14-8-7-11-4-1-2-6-13(11)17-14/h1-2,4,6-8,10,15,18H,3,5,9,16H2. The maximum atomic E-state index is 5.69. The number of aromatic nitrogens is 1. The number of nitrogens with two attached hydrogens (primary N) is 1. The minimum atomic E-state index is -0.0788. The summed E-state index contributed by atoms with van der Waals surface area (Å²) in [6, 6.07) is 12.1. The van der Waals surface area contributed by atoms with Crippen LogP contribution >= 0.6 is 0 Å². The first-order chi connectivity index (χ1) is 9.38. The molecular formula is C15H17N3O. The topological polar surface area (TPSA) is 60.2 Å². The molecule has 4 heteroatoms. The van der Waals surface area contributed by atoms with Crippen LogP contribution in [0.3, 0.4) is 0 Å². The molecule has 98 valence electrons. The molecule has 4 nitrogen and oxygen atoms in total. The first kappa shape index (κ1) is 12.1. The van der Waals surface area contributed by atoms with Crippen molar-refractivity contribution in [2.75, 3.05) is 6.61 Å². The second-order valence-electron chi connectivity index (χ2n) is 4.70. The van der Waals surface area contributed by atoms with E-state index in [1.807, 2.05) is 30.5 Å². The Bertz CT molecular complexity index is 609. The summed E-state index contributed by atoms with van der Waals surface area (Å²) < 4.78 is 5.39. The lowest BCUT2D eigenvalue weighted by molar-refractivity contribution is 0.219. The number of nitrogens with one attached hydrogen (secondary N) is 1. The van der Waals surface area contributed by atoms with Crippen LogP contribution in [0.25, 0.3) is 10.9 Å². The Balaban J connectivity index is 1.98. The maximum absolute atomic E-state index is 5.69. The molecule has 0 saturated heterocycles. The first-order valence-electron chi connectivity index (χ1n) is 6.51. The normalized spacial score (nSPS) is 16.8. The van der Waals surface area contributed by atoms with Crippen LogP contribution < -0.4 is 11.3 Å². The number of benzene rings is 1. The van der Waals surface area contributed by atoms with E-state index in [9.17, 15) is 0 Å². The molecule has 0 fully saturated rings. The molecule has 19 heavy (non-hydrogen) atoms. The summed E-state index contributed by atoms with van der Waals surface area (Å²) in [5, 5.41) is 1.14. The van der Waals surface area contributed by atoms with Gasteiger partial charge in [-0.1, -0.05) is 24.3 Å². The van der Waals surface area contributed by atoms with Gasteiger partial charge in [0, 0.05) is 5.39 Å². The second-order valence-corrected chi connectivity index (χ2v) is 4.70. The average Bonchev–Trinajstić information content (AvgIpc) is 2.49. The van der Waals surface area contributed by atoms with Gasteiger partial charge in [-0.2, -0.15) is 0 Å². The van der Waals surface area contributed by atoms with E-state index in [0.29, 0.717) is 0 Å². The lowest BCUT2D eigenvalue weighted by atomic mass is 9.99. The Morgan fingerprint density at radius 2 is 2.11 bits per heavy atom. The van der Waals surface area contributed by atoms with Gasteiger partial charge in [0.2, 0.25) is 0 Å². The molecule has 2 heterocycles. The predicted molar refractivity (Wildman–Crippen MR) is 75.1 cm³/mol. The fraction of sp³-hybridized carbons (Fsp3) is 0.267. The molecule has 1 atom stereocenters. The number of hydrogen-bond donors (Lipinski definition) is 2. The summed E-state index contributed by atoms with van der Waals surface area (Å²) in [6.07, 6.45) is 3.83. The molecule has 3 rings (SSSR count). The molecule has 1 unspecified atom stereocenters. The van der Waals surface area contributed by atoms with E-state index in [2.05, 4.69) is 22.5 Å². The predicted octanol–water partition coefficient (Wildman–Crippen LogP) is 2.43. The van der Waals surface area contributed by atoms with Crippen molar-refractivity contribution in [2.45, 2.75) is 18.9 Å². The van der Waals surface area contributed by atoms with Gasteiger partial charge in [0.25, 0.3) is 0 Å². The highest BCUT2D eigenvalue weighted by Crippen LogP contribution is 2.27. The van der Waals surface area contributed by atoms with Crippen LogP contribution in [-0.2, 0) is 4.74 Å². The van der Waals surface area contributed by atoms with Crippen molar-refractivity contribution in [1.29, 1.82) is 0 Å². The van der Waals surface area contributed by atoms with Crippen molar-refractivity contribution in [2.24, 2.45) is 5.84 Å². The Morgan fingerprint density at radius 3 is 2.89 bits per heavy atom. The molecule has 1 aliphatic rings. The molecule has 1 aromatic heterocycles. The monoisotopic (exact) mass is 255 g/mol. The van der Waals surface area contributed by atoms with Crippen LogP contribution in [0.15, 0.2) is 48.2 Å². The highest BCUT2D eigenvalue weighted by Gasteiger charge is 2.19. The van der Waals surface area contributed by atoms with E-state index in [1.165, 1.54) is 0 Å². The van der Waals surface area contributed by atoms with E-state index in [4.69, 9.17) is 10.6 Å². The average molecular weight is 255 g/mol. The van der Waals surface area contributed by atoms with Crippen molar-refractivity contribution < 1.29 is 4.74 Å². The van der Waals surface area contributed by atoms with E-state index in [-0.39, 0.29) is 6.04 Å². The third kappa shape index (κ3) is 2.45. The molecule has 0 amide bonds. The molecule has 0 aliphatic carbocycles. The van der Waals surface area contributed by atoms with Gasteiger partial charge in [0.1, 0.15) is 0 Å². The van der Waals surface area contributed by atoms with E-state index in [1.54, 1.807) is 0 Å². The number of para-hydroxylation sites is 1. The number of rotatable bonds is 3. The van der Waals surface area contributed by atoms with Gasteiger partial charge in [0.15, 0.2) is 0 Å². The fourth-order valence-corrected chi connectivity index (χ4v) is 2.42. The van der Waals surface area contributed by atoms with E-state index >= 15 is 0 Å². The molecular weight excluding hydrogens is 238 g/mol. The van der Waals surface area contributed by atoms with Crippen LogP contribution in [0.4, 0.5) is 0 Å². The van der Waals surface area contributed by atoms with E-state index < -0.39 is 0 Å². The third-order valence-electron chi connectivity index (χ3n) is 3.42. The molecule has 0 radical (unpaired) electrons. The summed E-state index contributed by atoms with van der Waals surface area (Å²) >= 11 is 0. The summed E-state index contributed by atoms with van der Waals surface area (Å²) in [7, 11) is 0. The number of nitrogens with zero attached hydrogens (tertiary/aromatic N) is 1. The molecule has 1 aromatic carbocycles. The highest BCUT2D eigenvalue weighted by atomic mass is 16.5. The van der Waals surface area contributed by atoms with Gasteiger partial charge in [-0.25, -0.2) is 5.43 Å². The van der Waals surface area contributed by atoms with Crippen molar-refractivity contribution >= 4 is 10.9 Å². The molecule has 2 aromatic rings. The number of ether oxygens (including phenoxy) is 1. The zero-order valence-electron chi connectivity index (χ0n) is 10.7. The summed E-state index contributed by atoms with van der Waals surface area (Å²) in [4.78, 5) is 4.68. The minimum Gasteiger partial charge on any atom is -0.501 e. The SMILES string of the molecule is NNC(C1=COCCC1)c1ccc2ccccc2n1.